The number of likely N-dealkylation sites (tertiary alicyclic amines) is 1. The quantitative estimate of drug-likeness (QED) is 0.685. The fraction of sp³-hybridized carbons (Fsp3) is 0.708. The molecule has 1 aromatic rings. The van der Waals surface area contributed by atoms with Crippen LogP contribution >= 0.6 is 11.3 Å². The lowest BCUT2D eigenvalue weighted by Crippen LogP contribution is -2.38. The average molecular weight is 447 g/mol. The number of carboxylic acid groups (broad SMARTS) is 1. The van der Waals surface area contributed by atoms with Crippen molar-refractivity contribution in [1.82, 2.24) is 4.90 Å². The van der Waals surface area contributed by atoms with E-state index in [4.69, 9.17) is 0 Å². The van der Waals surface area contributed by atoms with Crippen molar-refractivity contribution in [1.29, 1.82) is 0 Å². The van der Waals surface area contributed by atoms with Gasteiger partial charge in [0.2, 0.25) is 5.91 Å². The zero-order valence-corrected chi connectivity index (χ0v) is 19.3. The fourth-order valence-electron chi connectivity index (χ4n) is 5.52. The largest absolute Gasteiger partial charge is 0.481 e. The Bertz CT molecular complexity index is 843. The molecule has 7 heteroatoms. The molecule has 0 bridgehead atoms. The van der Waals surface area contributed by atoms with Crippen molar-refractivity contribution in [2.45, 2.75) is 77.6 Å². The van der Waals surface area contributed by atoms with Crippen LogP contribution in [0.5, 0.6) is 0 Å². The zero-order valence-electron chi connectivity index (χ0n) is 18.5. The maximum atomic E-state index is 13.5. The topological polar surface area (TPSA) is 86.7 Å². The highest BCUT2D eigenvalue weighted by Crippen LogP contribution is 2.42. The molecular formula is C24H34N2O4S. The van der Waals surface area contributed by atoms with E-state index < -0.39 is 17.8 Å². The number of carbonyl (C=O) groups is 3. The molecular weight excluding hydrogens is 412 g/mol. The number of piperidine rings is 1. The van der Waals surface area contributed by atoms with E-state index in [1.165, 1.54) is 4.88 Å². The summed E-state index contributed by atoms with van der Waals surface area (Å²) in [6, 6.07) is 0. The van der Waals surface area contributed by atoms with Crippen LogP contribution in [-0.2, 0) is 22.4 Å². The lowest BCUT2D eigenvalue weighted by molar-refractivity contribution is -0.147. The van der Waals surface area contributed by atoms with Crippen molar-refractivity contribution in [3.63, 3.8) is 0 Å². The Balaban J connectivity index is 1.63. The lowest BCUT2D eigenvalue weighted by atomic mass is 9.78. The molecule has 6 nitrogen and oxygen atoms in total. The number of rotatable bonds is 5. The second-order valence-electron chi connectivity index (χ2n) is 9.40. The Hall–Kier alpha value is -1.89. The van der Waals surface area contributed by atoms with Gasteiger partial charge in [0.1, 0.15) is 5.00 Å². The molecule has 3 aliphatic rings. The summed E-state index contributed by atoms with van der Waals surface area (Å²) in [7, 11) is 0. The highest BCUT2D eigenvalue weighted by Gasteiger charge is 2.37. The number of carbonyl (C=O) groups excluding carboxylic acids is 2. The average Bonchev–Trinajstić information content (AvgIpc) is 3.15. The van der Waals surface area contributed by atoms with Crippen molar-refractivity contribution >= 4 is 34.1 Å². The Morgan fingerprint density at radius 2 is 1.74 bits per heavy atom. The van der Waals surface area contributed by atoms with Crippen LogP contribution in [0.2, 0.25) is 0 Å². The van der Waals surface area contributed by atoms with E-state index in [1.807, 2.05) is 4.90 Å². The van der Waals surface area contributed by atoms with Gasteiger partial charge in [-0.2, -0.15) is 0 Å². The van der Waals surface area contributed by atoms with E-state index in [-0.39, 0.29) is 11.8 Å². The van der Waals surface area contributed by atoms with Crippen LogP contribution in [0.25, 0.3) is 0 Å². The van der Waals surface area contributed by atoms with Crippen LogP contribution < -0.4 is 5.32 Å². The van der Waals surface area contributed by atoms with Gasteiger partial charge in [0.25, 0.3) is 5.91 Å². The molecule has 2 N–H and O–H groups in total. The van der Waals surface area contributed by atoms with E-state index in [2.05, 4.69) is 12.2 Å². The number of anilines is 1. The highest BCUT2D eigenvalue weighted by molar-refractivity contribution is 7.17. The van der Waals surface area contributed by atoms with E-state index in [0.717, 1.165) is 76.4 Å². The minimum absolute atomic E-state index is 0.0425. The molecule has 170 valence electrons. The van der Waals surface area contributed by atoms with E-state index in [9.17, 15) is 19.5 Å². The van der Waals surface area contributed by atoms with Crippen LogP contribution in [0.4, 0.5) is 5.00 Å². The molecule has 0 radical (unpaired) electrons. The van der Waals surface area contributed by atoms with E-state index in [1.54, 1.807) is 11.3 Å². The van der Waals surface area contributed by atoms with Crippen molar-refractivity contribution in [2.75, 3.05) is 18.4 Å². The summed E-state index contributed by atoms with van der Waals surface area (Å²) in [6.07, 6.45) is 10.1. The Labute approximate surface area is 188 Å². The molecule has 31 heavy (non-hydrogen) atoms. The first-order valence-corrected chi connectivity index (χ1v) is 12.8. The van der Waals surface area contributed by atoms with Crippen LogP contribution in [0, 0.1) is 17.8 Å². The molecule has 0 aromatic carbocycles. The monoisotopic (exact) mass is 446 g/mol. The molecule has 4 rings (SSSR count). The minimum atomic E-state index is -0.888. The number of aliphatic carboxylic acids is 1. The number of carboxylic acids is 1. The zero-order chi connectivity index (χ0) is 22.0. The standard InChI is InChI=1S/C24H34N2O4S/c1-2-15-10-11-18-19(14-15)31-22(20(18)23(28)26-12-6-3-7-13-26)25-21(27)16-8-4-5-9-17(16)24(29)30/h15-17H,2-14H2,1H3,(H,25,27)(H,29,30)/t15-,16+,17-/m0/s1. The number of amides is 2. The van der Waals surface area contributed by atoms with Crippen molar-refractivity contribution in [3.8, 4) is 0 Å². The third kappa shape index (κ3) is 4.66. The summed E-state index contributed by atoms with van der Waals surface area (Å²) in [6.45, 7) is 3.76. The predicted molar refractivity (Wildman–Crippen MR) is 122 cm³/mol. The second-order valence-corrected chi connectivity index (χ2v) is 10.5. The number of nitrogens with zero attached hydrogens (tertiary/aromatic N) is 1. The molecule has 2 amide bonds. The molecule has 2 fully saturated rings. The number of hydrogen-bond acceptors (Lipinski definition) is 4. The molecule has 1 saturated heterocycles. The summed E-state index contributed by atoms with van der Waals surface area (Å²) in [4.78, 5) is 41.6. The normalized spacial score (nSPS) is 26.2. The summed E-state index contributed by atoms with van der Waals surface area (Å²) in [5, 5.41) is 13.3. The van der Waals surface area contributed by atoms with Crippen LogP contribution in [0.3, 0.4) is 0 Å². The summed E-state index contributed by atoms with van der Waals surface area (Å²) < 4.78 is 0. The van der Waals surface area contributed by atoms with Crippen molar-refractivity contribution < 1.29 is 19.5 Å². The molecule has 0 unspecified atom stereocenters. The highest BCUT2D eigenvalue weighted by atomic mass is 32.1. The Kier molecular flexibility index (Phi) is 6.99. The van der Waals surface area contributed by atoms with Gasteiger partial charge in [0.15, 0.2) is 0 Å². The SMILES string of the molecule is CC[C@H]1CCc2c(sc(NC(=O)[C@@H]3CCCC[C@@H]3C(=O)O)c2C(=O)N2CCCCC2)C1. The number of thiophene rings is 1. The van der Waals surface area contributed by atoms with Crippen LogP contribution in [0.1, 0.15) is 85.5 Å². The van der Waals surface area contributed by atoms with Gasteiger partial charge in [0, 0.05) is 18.0 Å². The molecule has 1 aromatic heterocycles. The number of hydrogen-bond donors (Lipinski definition) is 2. The first-order valence-electron chi connectivity index (χ1n) is 12.0. The molecule has 1 aliphatic heterocycles. The van der Waals surface area contributed by atoms with Gasteiger partial charge < -0.3 is 15.3 Å². The van der Waals surface area contributed by atoms with E-state index in [0.29, 0.717) is 29.3 Å². The van der Waals surface area contributed by atoms with Gasteiger partial charge in [-0.25, -0.2) is 0 Å². The van der Waals surface area contributed by atoms with Gasteiger partial charge >= 0.3 is 5.97 Å². The summed E-state index contributed by atoms with van der Waals surface area (Å²) in [5.41, 5.74) is 1.81. The van der Waals surface area contributed by atoms with Gasteiger partial charge in [-0.15, -0.1) is 11.3 Å². The fourth-order valence-corrected chi connectivity index (χ4v) is 6.87. The molecule has 1 saturated carbocycles. The molecule has 0 spiro atoms. The van der Waals surface area contributed by atoms with E-state index >= 15 is 0 Å². The number of nitrogens with one attached hydrogen (secondary N) is 1. The Morgan fingerprint density at radius 1 is 1.03 bits per heavy atom. The van der Waals surface area contributed by atoms with Gasteiger partial charge in [-0.3, -0.25) is 14.4 Å². The van der Waals surface area contributed by atoms with Crippen LogP contribution in [-0.4, -0.2) is 40.9 Å². The van der Waals surface area contributed by atoms with Gasteiger partial charge in [0.05, 0.1) is 17.4 Å². The third-order valence-electron chi connectivity index (χ3n) is 7.46. The smallest absolute Gasteiger partial charge is 0.307 e. The Morgan fingerprint density at radius 3 is 2.42 bits per heavy atom. The maximum Gasteiger partial charge on any atom is 0.307 e. The first kappa shape index (κ1) is 22.3. The molecule has 2 heterocycles. The molecule has 2 aliphatic carbocycles. The third-order valence-corrected chi connectivity index (χ3v) is 8.63. The van der Waals surface area contributed by atoms with Gasteiger partial charge in [-0.05, 0) is 62.8 Å². The van der Waals surface area contributed by atoms with Crippen molar-refractivity contribution in [2.24, 2.45) is 17.8 Å². The second kappa shape index (κ2) is 9.72. The first-order chi connectivity index (χ1) is 15.0. The van der Waals surface area contributed by atoms with Crippen molar-refractivity contribution in [3.05, 3.63) is 16.0 Å². The lowest BCUT2D eigenvalue weighted by Gasteiger charge is -2.29. The summed E-state index contributed by atoms with van der Waals surface area (Å²) >= 11 is 1.55. The minimum Gasteiger partial charge on any atom is -0.481 e. The maximum absolute atomic E-state index is 13.5. The number of fused-ring (bicyclic) bond motifs is 1. The summed E-state index contributed by atoms with van der Waals surface area (Å²) in [5.74, 6) is -1.60. The molecule has 3 atom stereocenters. The van der Waals surface area contributed by atoms with Crippen LogP contribution in [0.15, 0.2) is 0 Å². The van der Waals surface area contributed by atoms with Gasteiger partial charge in [-0.1, -0.05) is 26.2 Å². The predicted octanol–water partition coefficient (Wildman–Crippen LogP) is 4.72.